The van der Waals surface area contributed by atoms with E-state index in [1.54, 1.807) is 29.2 Å². The third-order valence-electron chi connectivity index (χ3n) is 4.06. The highest BCUT2D eigenvalue weighted by molar-refractivity contribution is 6.65. The van der Waals surface area contributed by atoms with E-state index in [0.717, 1.165) is 12.1 Å². The van der Waals surface area contributed by atoms with E-state index in [1.165, 1.54) is 4.90 Å². The van der Waals surface area contributed by atoms with Crippen LogP contribution in [0.4, 0.5) is 16.2 Å². The molecule has 2 N–H and O–H groups in total. The molecule has 2 unspecified atom stereocenters. The summed E-state index contributed by atoms with van der Waals surface area (Å²) in [5.74, 6) is 0.0790. The number of halogens is 1. The summed E-state index contributed by atoms with van der Waals surface area (Å²) in [7, 11) is 0. The van der Waals surface area contributed by atoms with Crippen molar-refractivity contribution in [1.29, 1.82) is 0 Å². The van der Waals surface area contributed by atoms with E-state index in [1.807, 2.05) is 0 Å². The predicted molar refractivity (Wildman–Crippen MR) is 84.5 cm³/mol. The van der Waals surface area contributed by atoms with Gasteiger partial charge in [0.05, 0.1) is 0 Å². The molecular formula is C15H16ClN3O4. The highest BCUT2D eigenvalue weighted by Gasteiger charge is 2.45. The molecule has 0 bridgehead atoms. The number of amides is 2. The summed E-state index contributed by atoms with van der Waals surface area (Å²) in [5.41, 5.74) is 6.76. The van der Waals surface area contributed by atoms with E-state index >= 15 is 0 Å². The van der Waals surface area contributed by atoms with Crippen molar-refractivity contribution in [3.63, 3.8) is 0 Å². The van der Waals surface area contributed by atoms with Crippen molar-refractivity contribution < 1.29 is 19.1 Å². The molecule has 1 aromatic carbocycles. The Balaban J connectivity index is 1.87. The maximum Gasteiger partial charge on any atom is 0.415 e. The Morgan fingerprint density at radius 1 is 1.26 bits per heavy atom. The zero-order valence-electron chi connectivity index (χ0n) is 12.3. The van der Waals surface area contributed by atoms with Crippen LogP contribution in [0, 0.1) is 0 Å². The number of anilines is 2. The lowest BCUT2D eigenvalue weighted by molar-refractivity contribution is -0.117. The van der Waals surface area contributed by atoms with Gasteiger partial charge in [-0.1, -0.05) is 0 Å². The van der Waals surface area contributed by atoms with Crippen molar-refractivity contribution in [1.82, 2.24) is 0 Å². The Morgan fingerprint density at radius 3 is 2.43 bits per heavy atom. The van der Waals surface area contributed by atoms with Crippen LogP contribution in [0.3, 0.4) is 0 Å². The fourth-order valence-corrected chi connectivity index (χ4v) is 3.17. The summed E-state index contributed by atoms with van der Waals surface area (Å²) >= 11 is 5.60. The molecule has 2 heterocycles. The minimum atomic E-state index is -0.951. The van der Waals surface area contributed by atoms with E-state index in [-0.39, 0.29) is 12.5 Å². The van der Waals surface area contributed by atoms with Crippen LogP contribution in [-0.4, -0.2) is 42.5 Å². The fourth-order valence-electron chi connectivity index (χ4n) is 2.94. The summed E-state index contributed by atoms with van der Waals surface area (Å²) < 4.78 is 5.09. The lowest BCUT2D eigenvalue weighted by atomic mass is 10.1. The van der Waals surface area contributed by atoms with Crippen LogP contribution in [0.15, 0.2) is 24.3 Å². The third kappa shape index (κ3) is 2.77. The number of hydrogen-bond donors (Lipinski definition) is 1. The fraction of sp³-hybridized carbons (Fsp3) is 0.400. The molecule has 122 valence electrons. The Morgan fingerprint density at radius 2 is 1.91 bits per heavy atom. The molecule has 2 amide bonds. The van der Waals surface area contributed by atoms with Gasteiger partial charge in [0.1, 0.15) is 6.10 Å². The van der Waals surface area contributed by atoms with Crippen LogP contribution >= 0.6 is 11.6 Å². The molecule has 2 fully saturated rings. The Hall–Kier alpha value is -2.12. The number of ether oxygens (including phenoxy) is 1. The van der Waals surface area contributed by atoms with E-state index in [4.69, 9.17) is 22.1 Å². The highest BCUT2D eigenvalue weighted by atomic mass is 35.5. The predicted octanol–water partition coefficient (Wildman–Crippen LogP) is 1.23. The van der Waals surface area contributed by atoms with Gasteiger partial charge in [-0.3, -0.25) is 14.5 Å². The number of hydrogen-bond acceptors (Lipinski definition) is 5. The second-order valence-corrected chi connectivity index (χ2v) is 5.81. The molecule has 1 aromatic rings. The number of rotatable bonds is 4. The largest absolute Gasteiger partial charge is 0.442 e. The van der Waals surface area contributed by atoms with Gasteiger partial charge in [-0.2, -0.15) is 0 Å². The summed E-state index contributed by atoms with van der Waals surface area (Å²) in [6, 6.07) is 5.84. The van der Waals surface area contributed by atoms with Crippen LogP contribution < -0.4 is 15.5 Å². The molecule has 2 aliphatic heterocycles. The minimum Gasteiger partial charge on any atom is -0.442 e. The van der Waals surface area contributed by atoms with Gasteiger partial charge in [0.25, 0.3) is 0 Å². The van der Waals surface area contributed by atoms with Crippen LogP contribution in [0.1, 0.15) is 12.8 Å². The maximum absolute atomic E-state index is 12.0. The molecule has 0 aromatic heterocycles. The van der Waals surface area contributed by atoms with Gasteiger partial charge in [0.2, 0.25) is 11.1 Å². The average Bonchev–Trinajstić information content (AvgIpc) is 3.10. The molecule has 0 spiro atoms. The zero-order valence-corrected chi connectivity index (χ0v) is 13.0. The highest BCUT2D eigenvalue weighted by Crippen LogP contribution is 2.30. The van der Waals surface area contributed by atoms with E-state index in [9.17, 15) is 14.4 Å². The van der Waals surface area contributed by atoms with E-state index in [2.05, 4.69) is 0 Å². The number of carbonyl (C=O) groups is 3. The molecule has 7 nitrogen and oxygen atoms in total. The second kappa shape index (κ2) is 6.17. The first-order valence-corrected chi connectivity index (χ1v) is 7.70. The molecular weight excluding hydrogens is 322 g/mol. The molecule has 8 heteroatoms. The second-order valence-electron chi connectivity index (χ2n) is 5.44. The Bertz CT molecular complexity index is 649. The Labute approximate surface area is 137 Å². The van der Waals surface area contributed by atoms with Crippen molar-refractivity contribution in [3.8, 4) is 0 Å². The van der Waals surface area contributed by atoms with Crippen LogP contribution in [0.2, 0.25) is 0 Å². The molecule has 0 radical (unpaired) electrons. The van der Waals surface area contributed by atoms with Crippen molar-refractivity contribution >= 4 is 40.2 Å². The molecule has 23 heavy (non-hydrogen) atoms. The number of nitrogens with two attached hydrogens (primary N) is 1. The molecule has 3 rings (SSSR count). The third-order valence-corrected chi connectivity index (χ3v) is 4.28. The lowest BCUT2D eigenvalue weighted by Crippen LogP contribution is -2.43. The van der Waals surface area contributed by atoms with E-state index < -0.39 is 23.5 Å². The maximum atomic E-state index is 12.0. The first-order chi connectivity index (χ1) is 11.0. The van der Waals surface area contributed by atoms with Gasteiger partial charge in [-0.15, -0.1) is 0 Å². The summed E-state index contributed by atoms with van der Waals surface area (Å²) in [6.07, 6.45) is -0.0573. The van der Waals surface area contributed by atoms with Crippen LogP contribution in [0.25, 0.3) is 0 Å². The summed E-state index contributed by atoms with van der Waals surface area (Å²) in [4.78, 5) is 38.3. The first-order valence-electron chi connectivity index (χ1n) is 7.32. The van der Waals surface area contributed by atoms with Crippen molar-refractivity contribution in [2.24, 2.45) is 5.73 Å². The number of benzene rings is 1. The van der Waals surface area contributed by atoms with Crippen molar-refractivity contribution in [3.05, 3.63) is 24.3 Å². The van der Waals surface area contributed by atoms with Gasteiger partial charge in [-0.25, -0.2) is 4.79 Å². The SMILES string of the molecule is NCC1OC(=O)N(c2ccc(N3CCCC3=O)cc2)C1C(=O)Cl. The van der Waals surface area contributed by atoms with E-state index in [0.29, 0.717) is 18.7 Å². The quantitative estimate of drug-likeness (QED) is 0.834. The number of nitrogens with zero attached hydrogens (tertiary/aromatic N) is 2. The van der Waals surface area contributed by atoms with Gasteiger partial charge in [0.15, 0.2) is 6.04 Å². The van der Waals surface area contributed by atoms with Crippen molar-refractivity contribution in [2.75, 3.05) is 22.9 Å². The monoisotopic (exact) mass is 337 g/mol. The lowest BCUT2D eigenvalue weighted by Gasteiger charge is -2.22. The normalized spacial score (nSPS) is 24.3. The average molecular weight is 338 g/mol. The number of carbonyl (C=O) groups excluding carboxylic acids is 3. The van der Waals surface area contributed by atoms with Crippen molar-refractivity contribution in [2.45, 2.75) is 25.0 Å². The standard InChI is InChI=1S/C15H16ClN3O4/c16-14(21)13-11(8-17)23-15(22)19(13)10-5-3-9(4-6-10)18-7-1-2-12(18)20/h3-6,11,13H,1-2,7-8,17H2. The smallest absolute Gasteiger partial charge is 0.415 e. The molecule has 2 aliphatic rings. The molecule has 2 saturated heterocycles. The minimum absolute atomic E-state index is 0.00568. The van der Waals surface area contributed by atoms with Gasteiger partial charge in [-0.05, 0) is 42.3 Å². The molecule has 2 atom stereocenters. The Kier molecular flexibility index (Phi) is 4.23. The summed E-state index contributed by atoms with van der Waals surface area (Å²) in [6.45, 7) is 0.688. The van der Waals surface area contributed by atoms with Crippen LogP contribution in [0.5, 0.6) is 0 Å². The van der Waals surface area contributed by atoms with Gasteiger partial charge >= 0.3 is 6.09 Å². The summed E-state index contributed by atoms with van der Waals surface area (Å²) in [5, 5.41) is -0.704. The van der Waals surface area contributed by atoms with Gasteiger partial charge in [0, 0.05) is 30.9 Å². The van der Waals surface area contributed by atoms with Crippen LogP contribution in [-0.2, 0) is 14.3 Å². The van der Waals surface area contributed by atoms with Gasteiger partial charge < -0.3 is 15.4 Å². The zero-order chi connectivity index (χ0) is 16.6. The number of cyclic esters (lactones) is 1. The molecule has 0 aliphatic carbocycles. The molecule has 0 saturated carbocycles. The topological polar surface area (TPSA) is 92.9 Å². The first kappa shape index (κ1) is 15.8.